The Bertz CT molecular complexity index is 357. The highest BCUT2D eigenvalue weighted by Crippen LogP contribution is 2.02. The Morgan fingerprint density at radius 2 is 1.88 bits per heavy atom. The van der Waals surface area contributed by atoms with Crippen molar-refractivity contribution in [2.75, 3.05) is 11.5 Å². The van der Waals surface area contributed by atoms with E-state index in [-0.39, 0.29) is 11.5 Å². The van der Waals surface area contributed by atoms with Crippen LogP contribution in [0, 0.1) is 5.92 Å². The van der Waals surface area contributed by atoms with Gasteiger partial charge in [0.2, 0.25) is 0 Å². The Morgan fingerprint density at radius 1 is 1.25 bits per heavy atom. The fourth-order valence-corrected chi connectivity index (χ4v) is 2.81. The van der Waals surface area contributed by atoms with E-state index < -0.39 is 10.8 Å². The van der Waals surface area contributed by atoms with E-state index >= 15 is 0 Å². The minimum atomic E-state index is -1.00. The molecule has 0 aliphatic rings. The van der Waals surface area contributed by atoms with Crippen LogP contribution in [0.4, 0.5) is 0 Å². The number of ketones is 1. The molecular formula is C13H18O2S. The topological polar surface area (TPSA) is 34.1 Å². The van der Waals surface area contributed by atoms with E-state index in [9.17, 15) is 9.00 Å². The maximum absolute atomic E-state index is 11.6. The molecule has 0 heterocycles. The van der Waals surface area contributed by atoms with Crippen molar-refractivity contribution in [1.82, 2.24) is 0 Å². The van der Waals surface area contributed by atoms with Crippen molar-refractivity contribution in [1.29, 1.82) is 0 Å². The lowest BCUT2D eigenvalue weighted by molar-refractivity contribution is -0.116. The van der Waals surface area contributed by atoms with Gasteiger partial charge in [-0.15, -0.1) is 0 Å². The summed E-state index contributed by atoms with van der Waals surface area (Å²) in [5.74, 6) is 1.24. The van der Waals surface area contributed by atoms with Gasteiger partial charge in [-0.25, -0.2) is 0 Å². The molecule has 0 radical (unpaired) electrons. The van der Waals surface area contributed by atoms with Gasteiger partial charge >= 0.3 is 0 Å². The molecule has 0 aliphatic carbocycles. The van der Waals surface area contributed by atoms with Gasteiger partial charge in [-0.2, -0.15) is 0 Å². The molecule has 3 heteroatoms. The first-order valence-electron chi connectivity index (χ1n) is 5.48. The van der Waals surface area contributed by atoms with Crippen LogP contribution in [0.5, 0.6) is 0 Å². The first-order chi connectivity index (χ1) is 7.58. The predicted octanol–water partition coefficient (Wildman–Crippen LogP) is 2.20. The third kappa shape index (κ3) is 5.21. The van der Waals surface area contributed by atoms with Crippen molar-refractivity contribution < 1.29 is 9.00 Å². The summed E-state index contributed by atoms with van der Waals surface area (Å²) in [6.45, 7) is 4.03. The molecule has 1 unspecified atom stereocenters. The molecule has 2 nitrogen and oxygen atoms in total. The zero-order valence-corrected chi connectivity index (χ0v) is 10.6. The van der Waals surface area contributed by atoms with E-state index in [1.54, 1.807) is 0 Å². The first kappa shape index (κ1) is 13.1. The van der Waals surface area contributed by atoms with Crippen LogP contribution in [-0.2, 0) is 22.0 Å². The number of rotatable bonds is 6. The lowest BCUT2D eigenvalue weighted by Gasteiger charge is -2.04. The maximum atomic E-state index is 11.6. The second kappa shape index (κ2) is 6.59. The predicted molar refractivity (Wildman–Crippen MR) is 67.9 cm³/mol. The molecule has 16 heavy (non-hydrogen) atoms. The van der Waals surface area contributed by atoms with Crippen LogP contribution in [0.2, 0.25) is 0 Å². The zero-order valence-electron chi connectivity index (χ0n) is 9.81. The van der Waals surface area contributed by atoms with Gasteiger partial charge in [0, 0.05) is 23.0 Å². The minimum Gasteiger partial charge on any atom is -0.298 e. The monoisotopic (exact) mass is 238 g/mol. The average Bonchev–Trinajstić information content (AvgIpc) is 2.17. The van der Waals surface area contributed by atoms with Crippen LogP contribution in [0.15, 0.2) is 30.3 Å². The molecule has 0 bridgehead atoms. The zero-order chi connectivity index (χ0) is 12.0. The molecule has 1 aromatic rings. The SMILES string of the molecule is CC(C)CS(=O)CC(=O)Cc1ccccc1. The van der Waals surface area contributed by atoms with E-state index in [0.29, 0.717) is 18.1 Å². The molecule has 0 aromatic heterocycles. The third-order valence-electron chi connectivity index (χ3n) is 2.09. The molecule has 1 aromatic carbocycles. The average molecular weight is 238 g/mol. The van der Waals surface area contributed by atoms with Crippen LogP contribution < -0.4 is 0 Å². The Morgan fingerprint density at radius 3 is 2.44 bits per heavy atom. The molecule has 88 valence electrons. The van der Waals surface area contributed by atoms with Crippen molar-refractivity contribution >= 4 is 16.6 Å². The molecule has 0 N–H and O–H groups in total. The molecule has 0 saturated heterocycles. The Labute approximate surface area is 99.5 Å². The number of Topliss-reactive ketones (excluding diaryl/α,β-unsaturated/α-hetero) is 1. The van der Waals surface area contributed by atoms with Gasteiger partial charge in [-0.3, -0.25) is 9.00 Å². The van der Waals surface area contributed by atoms with Crippen molar-refractivity contribution in [3.63, 3.8) is 0 Å². The fraction of sp³-hybridized carbons (Fsp3) is 0.462. The highest BCUT2D eigenvalue weighted by atomic mass is 32.2. The molecule has 0 saturated carbocycles. The summed E-state index contributed by atoms with van der Waals surface area (Å²) >= 11 is 0. The van der Waals surface area contributed by atoms with E-state index in [2.05, 4.69) is 0 Å². The van der Waals surface area contributed by atoms with E-state index in [1.165, 1.54) is 0 Å². The standard InChI is InChI=1S/C13H18O2S/c1-11(2)9-16(15)10-13(14)8-12-6-4-3-5-7-12/h3-7,11H,8-10H2,1-2H3. The van der Waals surface area contributed by atoms with Gasteiger partial charge in [0.15, 0.2) is 0 Å². The smallest absolute Gasteiger partial charge is 0.149 e. The van der Waals surface area contributed by atoms with Crippen LogP contribution in [0.1, 0.15) is 19.4 Å². The Balaban J connectivity index is 2.39. The molecule has 1 rings (SSSR count). The molecule has 0 aliphatic heterocycles. The van der Waals surface area contributed by atoms with E-state index in [0.717, 1.165) is 5.56 Å². The van der Waals surface area contributed by atoms with Crippen molar-refractivity contribution in [3.05, 3.63) is 35.9 Å². The summed E-state index contributed by atoms with van der Waals surface area (Å²) in [6.07, 6.45) is 0.394. The lowest BCUT2D eigenvalue weighted by atomic mass is 10.1. The van der Waals surface area contributed by atoms with Crippen molar-refractivity contribution in [3.8, 4) is 0 Å². The minimum absolute atomic E-state index is 0.0604. The number of benzene rings is 1. The largest absolute Gasteiger partial charge is 0.298 e. The molecule has 1 atom stereocenters. The van der Waals surface area contributed by atoms with Gasteiger partial charge in [0.1, 0.15) is 5.78 Å². The summed E-state index contributed by atoms with van der Waals surface area (Å²) in [7, 11) is -1.00. The quantitative estimate of drug-likeness (QED) is 0.761. The van der Waals surface area contributed by atoms with Gasteiger partial charge in [0.05, 0.1) is 5.75 Å². The van der Waals surface area contributed by atoms with Crippen LogP contribution in [-0.4, -0.2) is 21.5 Å². The molecule has 0 fully saturated rings. The Kier molecular flexibility index (Phi) is 5.39. The second-order valence-corrected chi connectivity index (χ2v) is 5.85. The Hall–Kier alpha value is -0.960. The fourth-order valence-electron chi connectivity index (χ4n) is 1.48. The number of hydrogen-bond donors (Lipinski definition) is 0. The highest BCUT2D eigenvalue weighted by molar-refractivity contribution is 7.85. The summed E-state index contributed by atoms with van der Waals surface area (Å²) in [6, 6.07) is 9.58. The lowest BCUT2D eigenvalue weighted by Crippen LogP contribution is -2.17. The highest BCUT2D eigenvalue weighted by Gasteiger charge is 2.10. The molecule has 0 amide bonds. The van der Waals surface area contributed by atoms with Crippen LogP contribution in [0.3, 0.4) is 0 Å². The number of carbonyl (C=O) groups excluding carboxylic acids is 1. The van der Waals surface area contributed by atoms with Gasteiger partial charge in [-0.1, -0.05) is 44.2 Å². The molecule has 0 spiro atoms. The summed E-state index contributed by atoms with van der Waals surface area (Å²) < 4.78 is 11.5. The van der Waals surface area contributed by atoms with Gasteiger partial charge in [-0.05, 0) is 11.5 Å². The summed E-state index contributed by atoms with van der Waals surface area (Å²) in [4.78, 5) is 11.6. The van der Waals surface area contributed by atoms with Crippen LogP contribution in [0.25, 0.3) is 0 Å². The van der Waals surface area contributed by atoms with Gasteiger partial charge in [0.25, 0.3) is 0 Å². The van der Waals surface area contributed by atoms with E-state index in [1.807, 2.05) is 44.2 Å². The van der Waals surface area contributed by atoms with Crippen LogP contribution >= 0.6 is 0 Å². The normalized spacial score (nSPS) is 12.7. The second-order valence-electron chi connectivity index (χ2n) is 4.35. The van der Waals surface area contributed by atoms with Crippen molar-refractivity contribution in [2.24, 2.45) is 5.92 Å². The van der Waals surface area contributed by atoms with Crippen molar-refractivity contribution in [2.45, 2.75) is 20.3 Å². The van der Waals surface area contributed by atoms with E-state index in [4.69, 9.17) is 0 Å². The third-order valence-corrected chi connectivity index (χ3v) is 3.77. The summed E-state index contributed by atoms with van der Waals surface area (Å²) in [5, 5.41) is 0. The van der Waals surface area contributed by atoms with Gasteiger partial charge < -0.3 is 0 Å². The first-order valence-corrected chi connectivity index (χ1v) is 6.97. The molecular weight excluding hydrogens is 220 g/mol. The number of hydrogen-bond acceptors (Lipinski definition) is 2. The summed E-state index contributed by atoms with van der Waals surface area (Å²) in [5.41, 5.74) is 0.994. The number of carbonyl (C=O) groups is 1. The maximum Gasteiger partial charge on any atom is 0.149 e.